The number of benzene rings is 2. The van der Waals surface area contributed by atoms with Gasteiger partial charge < -0.3 is 14.6 Å². The number of nitrogens with one attached hydrogen (secondary N) is 1. The molecule has 0 radical (unpaired) electrons. The topological polar surface area (TPSA) is 43.3 Å². The third-order valence-electron chi connectivity index (χ3n) is 4.13. The molecule has 5 heteroatoms. The molecule has 1 aromatic heterocycles. The molecule has 1 N–H and O–H groups in total. The maximum Gasteiger partial charge on any atom is 0.257 e. The van der Waals surface area contributed by atoms with E-state index in [9.17, 15) is 9.18 Å². The van der Waals surface area contributed by atoms with Crippen LogP contribution in [0.3, 0.4) is 0 Å². The standard InChI is InChI=1S/C20H19FN2O2/c1-13-12-17(20(24)22-19-7-5-4-6-18(19)21)14(2)23(13)15-8-10-16(25-3)11-9-15/h4-12H,1-3H3,(H,22,24). The zero-order chi connectivity index (χ0) is 18.0. The molecular weight excluding hydrogens is 319 g/mol. The number of hydrogen-bond acceptors (Lipinski definition) is 2. The summed E-state index contributed by atoms with van der Waals surface area (Å²) in [7, 11) is 1.62. The van der Waals surface area contributed by atoms with Gasteiger partial charge in [0.15, 0.2) is 0 Å². The number of amides is 1. The van der Waals surface area contributed by atoms with Gasteiger partial charge in [0.1, 0.15) is 11.6 Å². The van der Waals surface area contributed by atoms with Crippen molar-refractivity contribution in [3.05, 3.63) is 77.4 Å². The maximum absolute atomic E-state index is 13.8. The van der Waals surface area contributed by atoms with E-state index in [-0.39, 0.29) is 11.6 Å². The van der Waals surface area contributed by atoms with Gasteiger partial charge in [-0.2, -0.15) is 0 Å². The van der Waals surface area contributed by atoms with E-state index in [1.165, 1.54) is 12.1 Å². The van der Waals surface area contributed by atoms with E-state index in [1.807, 2.05) is 42.7 Å². The number of halogens is 1. The van der Waals surface area contributed by atoms with Gasteiger partial charge in [-0.15, -0.1) is 0 Å². The van der Waals surface area contributed by atoms with Gasteiger partial charge in [-0.3, -0.25) is 4.79 Å². The smallest absolute Gasteiger partial charge is 0.257 e. The second-order valence-electron chi connectivity index (χ2n) is 5.75. The average molecular weight is 338 g/mol. The van der Waals surface area contributed by atoms with Gasteiger partial charge in [0, 0.05) is 17.1 Å². The molecule has 0 bridgehead atoms. The van der Waals surface area contributed by atoms with Crippen LogP contribution in [0.4, 0.5) is 10.1 Å². The Morgan fingerprint density at radius 3 is 2.40 bits per heavy atom. The number of nitrogens with zero attached hydrogens (tertiary/aromatic N) is 1. The van der Waals surface area contributed by atoms with Crippen LogP contribution >= 0.6 is 0 Å². The summed E-state index contributed by atoms with van der Waals surface area (Å²) in [4.78, 5) is 12.6. The van der Waals surface area contributed by atoms with Gasteiger partial charge in [0.05, 0.1) is 18.4 Å². The lowest BCUT2D eigenvalue weighted by atomic mass is 10.2. The quantitative estimate of drug-likeness (QED) is 0.761. The molecule has 0 unspecified atom stereocenters. The molecule has 3 rings (SSSR count). The van der Waals surface area contributed by atoms with E-state index in [0.717, 1.165) is 22.8 Å². The molecule has 0 aliphatic rings. The number of hydrogen-bond donors (Lipinski definition) is 1. The number of carbonyl (C=O) groups excluding carboxylic acids is 1. The zero-order valence-corrected chi connectivity index (χ0v) is 14.3. The maximum atomic E-state index is 13.8. The van der Waals surface area contributed by atoms with Crippen molar-refractivity contribution in [2.75, 3.05) is 12.4 Å². The van der Waals surface area contributed by atoms with Crippen LogP contribution in [-0.2, 0) is 0 Å². The van der Waals surface area contributed by atoms with Crippen molar-refractivity contribution in [1.29, 1.82) is 0 Å². The number of methoxy groups -OCH3 is 1. The van der Waals surface area contributed by atoms with Crippen LogP contribution in [0.5, 0.6) is 5.75 Å². The Bertz CT molecular complexity index is 914. The minimum Gasteiger partial charge on any atom is -0.497 e. The molecule has 0 fully saturated rings. The first-order valence-electron chi connectivity index (χ1n) is 7.90. The second-order valence-corrected chi connectivity index (χ2v) is 5.75. The van der Waals surface area contributed by atoms with E-state index < -0.39 is 5.82 Å². The number of aryl methyl sites for hydroxylation is 1. The highest BCUT2D eigenvalue weighted by Crippen LogP contribution is 2.24. The van der Waals surface area contributed by atoms with E-state index in [0.29, 0.717) is 5.56 Å². The minimum absolute atomic E-state index is 0.168. The third kappa shape index (κ3) is 3.26. The van der Waals surface area contributed by atoms with Crippen LogP contribution in [0.25, 0.3) is 5.69 Å². The Balaban J connectivity index is 1.93. The predicted octanol–water partition coefficient (Wildman–Crippen LogP) is 4.49. The summed E-state index contributed by atoms with van der Waals surface area (Å²) in [5.41, 5.74) is 3.32. The molecule has 0 spiro atoms. The van der Waals surface area contributed by atoms with E-state index in [1.54, 1.807) is 25.3 Å². The Morgan fingerprint density at radius 1 is 1.08 bits per heavy atom. The van der Waals surface area contributed by atoms with Crippen LogP contribution in [0.2, 0.25) is 0 Å². The van der Waals surface area contributed by atoms with E-state index in [4.69, 9.17) is 4.74 Å². The van der Waals surface area contributed by atoms with Gasteiger partial charge in [0.2, 0.25) is 0 Å². The molecule has 0 saturated carbocycles. The van der Waals surface area contributed by atoms with Gasteiger partial charge in [-0.05, 0) is 56.3 Å². The van der Waals surface area contributed by atoms with E-state index >= 15 is 0 Å². The summed E-state index contributed by atoms with van der Waals surface area (Å²) < 4.78 is 20.9. The lowest BCUT2D eigenvalue weighted by molar-refractivity contribution is 0.102. The molecule has 25 heavy (non-hydrogen) atoms. The number of ether oxygens (including phenoxy) is 1. The van der Waals surface area contributed by atoms with Gasteiger partial charge in [-0.25, -0.2) is 4.39 Å². The molecule has 128 valence electrons. The Hall–Kier alpha value is -3.08. The monoisotopic (exact) mass is 338 g/mol. The van der Waals surface area contributed by atoms with Crippen molar-refractivity contribution in [3.8, 4) is 11.4 Å². The highest BCUT2D eigenvalue weighted by molar-refractivity contribution is 6.05. The number of para-hydroxylation sites is 1. The van der Waals surface area contributed by atoms with Gasteiger partial charge >= 0.3 is 0 Å². The Labute approximate surface area is 145 Å². The number of aromatic nitrogens is 1. The second kappa shape index (κ2) is 6.81. The number of carbonyl (C=O) groups is 1. The highest BCUT2D eigenvalue weighted by atomic mass is 19.1. The summed E-state index contributed by atoms with van der Waals surface area (Å²) in [5, 5.41) is 2.63. The first kappa shape index (κ1) is 16.8. The fraction of sp³-hybridized carbons (Fsp3) is 0.150. The van der Waals surface area contributed by atoms with Crippen molar-refractivity contribution < 1.29 is 13.9 Å². The highest BCUT2D eigenvalue weighted by Gasteiger charge is 2.17. The molecule has 0 atom stereocenters. The summed E-state index contributed by atoms with van der Waals surface area (Å²) in [6.45, 7) is 3.80. The molecule has 4 nitrogen and oxygen atoms in total. The van der Waals surface area contributed by atoms with Gasteiger partial charge in [-0.1, -0.05) is 12.1 Å². The predicted molar refractivity (Wildman–Crippen MR) is 96.1 cm³/mol. The third-order valence-corrected chi connectivity index (χ3v) is 4.13. The van der Waals surface area contributed by atoms with Crippen LogP contribution in [0.15, 0.2) is 54.6 Å². The first-order valence-corrected chi connectivity index (χ1v) is 7.90. The van der Waals surface area contributed by atoms with Crippen molar-refractivity contribution in [2.24, 2.45) is 0 Å². The van der Waals surface area contributed by atoms with E-state index in [2.05, 4.69) is 5.32 Å². The molecule has 2 aromatic carbocycles. The van der Waals surface area contributed by atoms with Crippen LogP contribution in [0.1, 0.15) is 21.7 Å². The van der Waals surface area contributed by atoms with Crippen molar-refractivity contribution >= 4 is 11.6 Å². The van der Waals surface area contributed by atoms with Crippen molar-refractivity contribution in [2.45, 2.75) is 13.8 Å². The molecule has 0 saturated heterocycles. The summed E-state index contributed by atoms with van der Waals surface area (Å²) in [6.07, 6.45) is 0. The normalized spacial score (nSPS) is 10.6. The van der Waals surface area contributed by atoms with Crippen molar-refractivity contribution in [3.63, 3.8) is 0 Å². The summed E-state index contributed by atoms with van der Waals surface area (Å²) in [6, 6.07) is 15.5. The molecule has 1 heterocycles. The largest absolute Gasteiger partial charge is 0.497 e. The van der Waals surface area contributed by atoms with Crippen LogP contribution < -0.4 is 10.1 Å². The van der Waals surface area contributed by atoms with Crippen LogP contribution in [-0.4, -0.2) is 17.6 Å². The molecule has 1 amide bonds. The van der Waals surface area contributed by atoms with Crippen molar-refractivity contribution in [1.82, 2.24) is 4.57 Å². The van der Waals surface area contributed by atoms with Crippen LogP contribution in [0, 0.1) is 19.7 Å². The molecule has 3 aromatic rings. The fourth-order valence-electron chi connectivity index (χ4n) is 2.87. The zero-order valence-electron chi connectivity index (χ0n) is 14.3. The minimum atomic E-state index is -0.459. The fourth-order valence-corrected chi connectivity index (χ4v) is 2.87. The summed E-state index contributed by atoms with van der Waals surface area (Å²) >= 11 is 0. The number of anilines is 1. The average Bonchev–Trinajstić information content (AvgIpc) is 2.91. The van der Waals surface area contributed by atoms with Gasteiger partial charge in [0.25, 0.3) is 5.91 Å². The molecule has 0 aliphatic heterocycles. The summed E-state index contributed by atoms with van der Waals surface area (Å²) in [5.74, 6) is -0.0264. The Morgan fingerprint density at radius 2 is 1.76 bits per heavy atom. The molecule has 0 aliphatic carbocycles. The number of rotatable bonds is 4. The lowest BCUT2D eigenvalue weighted by Gasteiger charge is -2.11. The SMILES string of the molecule is COc1ccc(-n2c(C)cc(C(=O)Nc3ccccc3F)c2C)cc1. The Kier molecular flexibility index (Phi) is 4.57. The molecular formula is C20H19FN2O2. The lowest BCUT2D eigenvalue weighted by Crippen LogP contribution is -2.14. The first-order chi connectivity index (χ1) is 12.0.